The summed E-state index contributed by atoms with van der Waals surface area (Å²) in [6.07, 6.45) is 11.0. The molecule has 4 rings (SSSR count). The summed E-state index contributed by atoms with van der Waals surface area (Å²) in [5, 5.41) is 7.99. The zero-order valence-electron chi connectivity index (χ0n) is 26.2. The van der Waals surface area contributed by atoms with Crippen molar-refractivity contribution >= 4 is 11.9 Å². The number of nitrogens with one attached hydrogen (secondary N) is 1. The molecule has 42 heavy (non-hydrogen) atoms. The largest absolute Gasteiger partial charge is 0.496 e. The molecule has 0 unspecified atom stereocenters. The predicted octanol–water partition coefficient (Wildman–Crippen LogP) is 6.17. The molecule has 1 aromatic carbocycles. The van der Waals surface area contributed by atoms with E-state index in [1.165, 1.54) is 25.7 Å². The van der Waals surface area contributed by atoms with Crippen LogP contribution >= 0.6 is 0 Å². The van der Waals surface area contributed by atoms with Crippen LogP contribution in [0.5, 0.6) is 11.5 Å². The lowest BCUT2D eigenvalue weighted by Crippen LogP contribution is -2.39. The maximum atomic E-state index is 13.7. The van der Waals surface area contributed by atoms with Crippen LogP contribution in [0.3, 0.4) is 0 Å². The molecule has 1 atom stereocenters. The molecular formula is C33H50N4O5. The van der Waals surface area contributed by atoms with Crippen LogP contribution in [-0.4, -0.2) is 72.1 Å². The third kappa shape index (κ3) is 8.72. The molecule has 2 aromatic rings. The number of nitrogens with zero attached hydrogens (tertiary/aromatic N) is 3. The van der Waals surface area contributed by atoms with Crippen molar-refractivity contribution in [3.63, 3.8) is 0 Å². The van der Waals surface area contributed by atoms with Gasteiger partial charge in [-0.1, -0.05) is 31.7 Å². The molecule has 1 amide bonds. The maximum absolute atomic E-state index is 13.7. The van der Waals surface area contributed by atoms with Gasteiger partial charge in [-0.25, -0.2) is 0 Å². The number of likely N-dealkylation sites (tertiary alicyclic amines) is 1. The number of carbonyl (C=O) groups excluding carboxylic acids is 2. The topological polar surface area (TPSA) is 94.9 Å². The number of aromatic nitrogens is 2. The smallest absolute Gasteiger partial charge is 0.308 e. The van der Waals surface area contributed by atoms with Crippen LogP contribution in [0.25, 0.3) is 11.3 Å². The average Bonchev–Trinajstić information content (AvgIpc) is 3.56. The van der Waals surface area contributed by atoms with Crippen LogP contribution in [0.15, 0.2) is 24.3 Å². The van der Waals surface area contributed by atoms with Crippen molar-refractivity contribution in [2.75, 3.05) is 33.9 Å². The molecule has 232 valence electrons. The van der Waals surface area contributed by atoms with Gasteiger partial charge in [0.2, 0.25) is 0 Å². The summed E-state index contributed by atoms with van der Waals surface area (Å²) in [6.45, 7) is 8.80. The maximum Gasteiger partial charge on any atom is 0.308 e. The Morgan fingerprint density at radius 1 is 1.00 bits per heavy atom. The molecule has 1 aromatic heterocycles. The van der Waals surface area contributed by atoms with E-state index in [1.807, 2.05) is 49.7 Å². The summed E-state index contributed by atoms with van der Waals surface area (Å²) in [7, 11) is 3.27. The standard InChI is InChI=1S/C33H50N4O5/c1-33(2,3)42-30(38)22-24(14-13-21-36-19-10-6-7-11-20-36)34-32(39)26-23-27(37(35-26)25-15-8-9-16-25)31-28(40-4)17-12-18-29(31)41-5/h12,17-18,23-25H,6-11,13-16,19-22H2,1-5H3,(H,34,39)/t24-/m0/s1. The predicted molar refractivity (Wildman–Crippen MR) is 164 cm³/mol. The third-order valence-electron chi connectivity index (χ3n) is 8.22. The van der Waals surface area contributed by atoms with Crippen LogP contribution < -0.4 is 14.8 Å². The second kappa shape index (κ2) is 14.9. The van der Waals surface area contributed by atoms with Crippen molar-refractivity contribution in [3.05, 3.63) is 30.0 Å². The summed E-state index contributed by atoms with van der Waals surface area (Å²) in [5.41, 5.74) is 1.32. The molecule has 1 N–H and O–H groups in total. The van der Waals surface area contributed by atoms with Gasteiger partial charge in [0.1, 0.15) is 17.1 Å². The Hall–Kier alpha value is -3.07. The SMILES string of the molecule is COc1cccc(OC)c1-c1cc(C(=O)N[C@@H](CCCN2CCCCCC2)CC(=O)OC(C)(C)C)nn1C1CCCC1. The Kier molecular flexibility index (Phi) is 11.3. The van der Waals surface area contributed by atoms with Gasteiger partial charge < -0.3 is 24.4 Å². The van der Waals surface area contributed by atoms with Crippen molar-refractivity contribution < 1.29 is 23.8 Å². The highest BCUT2D eigenvalue weighted by atomic mass is 16.6. The minimum absolute atomic E-state index is 0.125. The van der Waals surface area contributed by atoms with E-state index in [1.54, 1.807) is 14.2 Å². The molecule has 1 saturated heterocycles. The van der Waals surface area contributed by atoms with Crippen LogP contribution in [0, 0.1) is 0 Å². The summed E-state index contributed by atoms with van der Waals surface area (Å²) in [5.74, 6) is 0.734. The van der Waals surface area contributed by atoms with E-state index in [4.69, 9.17) is 19.3 Å². The van der Waals surface area contributed by atoms with E-state index in [0.717, 1.165) is 63.0 Å². The number of benzene rings is 1. The Balaban J connectivity index is 1.56. The molecule has 2 fully saturated rings. The Labute approximate surface area is 251 Å². The van der Waals surface area contributed by atoms with Crippen LogP contribution in [-0.2, 0) is 9.53 Å². The van der Waals surface area contributed by atoms with Crippen LogP contribution in [0.4, 0.5) is 0 Å². The molecule has 9 heteroatoms. The molecule has 0 spiro atoms. The Morgan fingerprint density at radius 2 is 1.64 bits per heavy atom. The van der Waals surface area contributed by atoms with Crippen molar-refractivity contribution in [2.45, 2.75) is 109 Å². The minimum Gasteiger partial charge on any atom is -0.496 e. The normalized spacial score (nSPS) is 17.5. The van der Waals surface area contributed by atoms with Gasteiger partial charge in [-0.05, 0) is 97.1 Å². The second-order valence-corrected chi connectivity index (χ2v) is 12.7. The van der Waals surface area contributed by atoms with Gasteiger partial charge in [-0.2, -0.15) is 5.10 Å². The fraction of sp³-hybridized carbons (Fsp3) is 0.667. The first-order chi connectivity index (χ1) is 20.2. The number of methoxy groups -OCH3 is 2. The zero-order valence-corrected chi connectivity index (χ0v) is 26.2. The van der Waals surface area contributed by atoms with Gasteiger partial charge >= 0.3 is 5.97 Å². The summed E-state index contributed by atoms with van der Waals surface area (Å²) >= 11 is 0. The summed E-state index contributed by atoms with van der Waals surface area (Å²) in [4.78, 5) is 29.1. The first-order valence-corrected chi connectivity index (χ1v) is 15.7. The summed E-state index contributed by atoms with van der Waals surface area (Å²) < 4.78 is 19.0. The van der Waals surface area contributed by atoms with Gasteiger partial charge in [0.05, 0.1) is 37.9 Å². The highest BCUT2D eigenvalue weighted by Crippen LogP contribution is 2.41. The lowest BCUT2D eigenvalue weighted by Gasteiger charge is -2.24. The van der Waals surface area contributed by atoms with Crippen molar-refractivity contribution in [1.82, 2.24) is 20.0 Å². The Morgan fingerprint density at radius 3 is 2.24 bits per heavy atom. The summed E-state index contributed by atoms with van der Waals surface area (Å²) in [6, 6.07) is 7.35. The number of amides is 1. The molecule has 1 saturated carbocycles. The number of carbonyl (C=O) groups is 2. The Bertz CT molecular complexity index is 1150. The zero-order chi connectivity index (χ0) is 30.1. The lowest BCUT2D eigenvalue weighted by molar-refractivity contribution is -0.155. The second-order valence-electron chi connectivity index (χ2n) is 12.7. The van der Waals surface area contributed by atoms with Gasteiger partial charge in [-0.15, -0.1) is 0 Å². The molecule has 0 bridgehead atoms. The molecular weight excluding hydrogens is 532 g/mol. The number of rotatable bonds is 12. The van der Waals surface area contributed by atoms with Crippen molar-refractivity contribution in [3.8, 4) is 22.8 Å². The van der Waals surface area contributed by atoms with E-state index >= 15 is 0 Å². The highest BCUT2D eigenvalue weighted by Gasteiger charge is 2.29. The fourth-order valence-electron chi connectivity index (χ4n) is 6.21. The first kappa shape index (κ1) is 31.9. The number of esters is 1. The van der Waals surface area contributed by atoms with Gasteiger partial charge in [-0.3, -0.25) is 14.3 Å². The minimum atomic E-state index is -0.583. The van der Waals surface area contributed by atoms with E-state index in [-0.39, 0.29) is 30.4 Å². The number of hydrogen-bond acceptors (Lipinski definition) is 7. The number of ether oxygens (including phenoxy) is 3. The molecule has 2 aliphatic rings. The number of hydrogen-bond donors (Lipinski definition) is 1. The van der Waals surface area contributed by atoms with E-state index < -0.39 is 5.60 Å². The molecule has 2 heterocycles. The molecule has 1 aliphatic heterocycles. The highest BCUT2D eigenvalue weighted by molar-refractivity contribution is 5.94. The van der Waals surface area contributed by atoms with Gasteiger partial charge in [0.25, 0.3) is 5.91 Å². The van der Waals surface area contributed by atoms with E-state index in [9.17, 15) is 9.59 Å². The van der Waals surface area contributed by atoms with Crippen molar-refractivity contribution in [2.24, 2.45) is 0 Å². The van der Waals surface area contributed by atoms with Gasteiger partial charge in [0, 0.05) is 6.04 Å². The van der Waals surface area contributed by atoms with Crippen LogP contribution in [0.2, 0.25) is 0 Å². The monoisotopic (exact) mass is 582 g/mol. The lowest BCUT2D eigenvalue weighted by atomic mass is 10.1. The first-order valence-electron chi connectivity index (χ1n) is 15.7. The van der Waals surface area contributed by atoms with E-state index in [0.29, 0.717) is 23.6 Å². The van der Waals surface area contributed by atoms with Crippen molar-refractivity contribution in [1.29, 1.82) is 0 Å². The fourth-order valence-corrected chi connectivity index (χ4v) is 6.21. The third-order valence-corrected chi connectivity index (χ3v) is 8.22. The van der Waals surface area contributed by atoms with Crippen LogP contribution in [0.1, 0.15) is 108 Å². The van der Waals surface area contributed by atoms with Gasteiger partial charge in [0.15, 0.2) is 5.69 Å². The quantitative estimate of drug-likeness (QED) is 0.299. The molecule has 9 nitrogen and oxygen atoms in total. The van der Waals surface area contributed by atoms with E-state index in [2.05, 4.69) is 10.2 Å². The molecule has 1 aliphatic carbocycles. The average molecular weight is 583 g/mol. The molecule has 0 radical (unpaired) electrons.